The third-order valence-corrected chi connectivity index (χ3v) is 4.58. The Hall–Kier alpha value is -2.80. The zero-order valence-corrected chi connectivity index (χ0v) is 13.3. The quantitative estimate of drug-likeness (QED) is 0.819. The summed E-state index contributed by atoms with van der Waals surface area (Å²) in [5.74, 6) is -1.79. The minimum absolute atomic E-state index is 0.435. The Bertz CT molecular complexity index is 767. The van der Waals surface area contributed by atoms with Gasteiger partial charge in [0.25, 0.3) is 11.1 Å². The van der Waals surface area contributed by atoms with E-state index in [0.717, 1.165) is 16.7 Å². The van der Waals surface area contributed by atoms with Crippen LogP contribution in [0.1, 0.15) is 0 Å². The lowest BCUT2D eigenvalue weighted by molar-refractivity contribution is -0.303. The van der Waals surface area contributed by atoms with Crippen LogP contribution in [0.3, 0.4) is 0 Å². The van der Waals surface area contributed by atoms with Gasteiger partial charge in [-0.1, -0.05) is 36.4 Å². The van der Waals surface area contributed by atoms with Gasteiger partial charge in [0.05, 0.1) is 18.2 Å². The van der Waals surface area contributed by atoms with E-state index >= 15 is 0 Å². The minimum atomic E-state index is -1.32. The monoisotopic (exact) mass is 341 g/mol. The van der Waals surface area contributed by atoms with Crippen molar-refractivity contribution in [1.82, 2.24) is 0 Å². The number of benzene rings is 2. The van der Waals surface area contributed by atoms with E-state index in [-0.39, 0.29) is 0 Å². The fourth-order valence-corrected chi connectivity index (χ4v) is 3.50. The Kier molecular flexibility index (Phi) is 4.52. The van der Waals surface area contributed by atoms with E-state index in [4.69, 9.17) is 0 Å². The lowest BCUT2D eigenvalue weighted by Gasteiger charge is -2.29. The van der Waals surface area contributed by atoms with Gasteiger partial charge in [-0.15, -0.1) is 0 Å². The number of para-hydroxylation sites is 2. The molecule has 0 aromatic heterocycles. The molecule has 3 rings (SSSR count). The van der Waals surface area contributed by atoms with Crippen LogP contribution >= 0.6 is 11.8 Å². The molecule has 0 N–H and O–H groups in total. The van der Waals surface area contributed by atoms with Crippen molar-refractivity contribution in [3.63, 3.8) is 0 Å². The number of thioether (sulfide) groups is 1. The van der Waals surface area contributed by atoms with E-state index in [1.54, 1.807) is 60.7 Å². The van der Waals surface area contributed by atoms with Crippen LogP contribution in [0, 0.1) is 0 Å². The molecule has 0 unspecified atom stereocenters. The molecule has 122 valence electrons. The summed E-state index contributed by atoms with van der Waals surface area (Å²) in [6.45, 7) is -0.483. The standard InChI is InChI=1S/C17H14N2O4S/c20-14(21)11-18(12-7-3-1-4-8-12)16-15(22)19(17(23)24-16)13-9-5-2-6-10-13/h1-10,16H,11H2,(H,20,21)/p-1/t16-/m0/s1. The first-order chi connectivity index (χ1) is 11.6. The van der Waals surface area contributed by atoms with E-state index in [2.05, 4.69) is 0 Å². The summed E-state index contributed by atoms with van der Waals surface area (Å²) in [5, 5.41) is 9.73. The van der Waals surface area contributed by atoms with Crippen LogP contribution in [0.5, 0.6) is 0 Å². The molecule has 2 amide bonds. The smallest absolute Gasteiger partial charge is 0.295 e. The maximum absolute atomic E-state index is 12.7. The van der Waals surface area contributed by atoms with Gasteiger partial charge >= 0.3 is 0 Å². The summed E-state index contributed by atoms with van der Waals surface area (Å²) in [6, 6.07) is 17.2. The van der Waals surface area contributed by atoms with Gasteiger partial charge in [0.15, 0.2) is 5.37 Å². The van der Waals surface area contributed by atoms with E-state index in [1.807, 2.05) is 0 Å². The number of carbonyl (C=O) groups is 3. The van der Waals surface area contributed by atoms with Gasteiger partial charge in [0, 0.05) is 5.69 Å². The Morgan fingerprint density at radius 2 is 1.62 bits per heavy atom. The summed E-state index contributed by atoms with van der Waals surface area (Å²) in [4.78, 5) is 38.6. The predicted octanol–water partition coefficient (Wildman–Crippen LogP) is 1.47. The van der Waals surface area contributed by atoms with Crippen molar-refractivity contribution < 1.29 is 19.5 Å². The Morgan fingerprint density at radius 3 is 2.21 bits per heavy atom. The number of carboxylic acid groups (broad SMARTS) is 1. The first-order valence-electron chi connectivity index (χ1n) is 7.19. The number of anilines is 2. The molecular formula is C17H13N2O4S-. The van der Waals surface area contributed by atoms with Crippen molar-refractivity contribution in [2.45, 2.75) is 5.37 Å². The largest absolute Gasteiger partial charge is 0.548 e. The summed E-state index contributed by atoms with van der Waals surface area (Å²) in [7, 11) is 0. The van der Waals surface area contributed by atoms with Crippen molar-refractivity contribution in [3.05, 3.63) is 60.7 Å². The minimum Gasteiger partial charge on any atom is -0.548 e. The Morgan fingerprint density at radius 1 is 1.04 bits per heavy atom. The van der Waals surface area contributed by atoms with Crippen molar-refractivity contribution in [1.29, 1.82) is 0 Å². The maximum atomic E-state index is 12.7. The number of hydrogen-bond donors (Lipinski definition) is 0. The summed E-state index contributed by atoms with van der Waals surface area (Å²) >= 11 is 0.794. The van der Waals surface area contributed by atoms with Crippen molar-refractivity contribution in [2.24, 2.45) is 0 Å². The molecular weight excluding hydrogens is 328 g/mol. The first-order valence-corrected chi connectivity index (χ1v) is 8.07. The van der Waals surface area contributed by atoms with E-state index < -0.39 is 29.0 Å². The third kappa shape index (κ3) is 3.11. The van der Waals surface area contributed by atoms with Gasteiger partial charge < -0.3 is 14.8 Å². The van der Waals surface area contributed by atoms with Crippen molar-refractivity contribution in [2.75, 3.05) is 16.3 Å². The summed E-state index contributed by atoms with van der Waals surface area (Å²) in [6.07, 6.45) is 0. The molecule has 6 nitrogen and oxygen atoms in total. The van der Waals surface area contributed by atoms with Crippen LogP contribution in [0.25, 0.3) is 0 Å². The van der Waals surface area contributed by atoms with Gasteiger partial charge in [0.1, 0.15) is 0 Å². The zero-order valence-electron chi connectivity index (χ0n) is 12.5. The third-order valence-electron chi connectivity index (χ3n) is 3.51. The van der Waals surface area contributed by atoms with Gasteiger partial charge in [-0.05, 0) is 36.0 Å². The van der Waals surface area contributed by atoms with E-state index in [9.17, 15) is 19.5 Å². The lowest BCUT2D eigenvalue weighted by atomic mass is 10.2. The number of aliphatic carboxylic acids is 1. The number of amides is 2. The number of hydrogen-bond acceptors (Lipinski definition) is 6. The highest BCUT2D eigenvalue weighted by atomic mass is 32.2. The topological polar surface area (TPSA) is 80.8 Å². The molecule has 1 heterocycles. The molecule has 1 atom stereocenters. The summed E-state index contributed by atoms with van der Waals surface area (Å²) in [5.41, 5.74) is 0.999. The molecule has 7 heteroatoms. The average Bonchev–Trinajstić information content (AvgIpc) is 2.88. The van der Waals surface area contributed by atoms with E-state index in [1.165, 1.54) is 4.90 Å². The molecule has 0 bridgehead atoms. The van der Waals surface area contributed by atoms with Crippen LogP contribution in [0.2, 0.25) is 0 Å². The number of nitrogens with zero attached hydrogens (tertiary/aromatic N) is 2. The van der Waals surface area contributed by atoms with Crippen molar-refractivity contribution in [3.8, 4) is 0 Å². The molecule has 0 radical (unpaired) electrons. The molecule has 2 aromatic carbocycles. The molecule has 0 saturated carbocycles. The second kappa shape index (κ2) is 6.76. The second-order valence-corrected chi connectivity index (χ2v) is 6.11. The average molecular weight is 341 g/mol. The molecule has 1 aliphatic heterocycles. The maximum Gasteiger partial charge on any atom is 0.295 e. The van der Waals surface area contributed by atoms with Gasteiger partial charge in [-0.3, -0.25) is 9.59 Å². The molecule has 2 aromatic rings. The highest BCUT2D eigenvalue weighted by Crippen LogP contribution is 2.35. The van der Waals surface area contributed by atoms with Crippen LogP contribution in [0.4, 0.5) is 16.2 Å². The van der Waals surface area contributed by atoms with Gasteiger partial charge in [-0.25, -0.2) is 4.90 Å². The fraction of sp³-hybridized carbons (Fsp3) is 0.118. The number of carbonyl (C=O) groups excluding carboxylic acids is 3. The predicted molar refractivity (Wildman–Crippen MR) is 89.5 cm³/mol. The zero-order chi connectivity index (χ0) is 17.1. The summed E-state index contributed by atoms with van der Waals surface area (Å²) < 4.78 is 0. The normalized spacial score (nSPS) is 17.2. The van der Waals surface area contributed by atoms with Crippen LogP contribution in [-0.2, 0) is 9.59 Å². The fourth-order valence-electron chi connectivity index (χ4n) is 2.47. The highest BCUT2D eigenvalue weighted by Gasteiger charge is 2.44. The number of rotatable bonds is 5. The SMILES string of the molecule is O=C([O-])CN(c1ccccc1)[C@H]1SC(=O)N(c2ccccc2)C1=O. The van der Waals surface area contributed by atoms with E-state index in [0.29, 0.717) is 11.4 Å². The molecule has 0 spiro atoms. The van der Waals surface area contributed by atoms with Crippen LogP contribution in [0.15, 0.2) is 60.7 Å². The number of carboxylic acids is 1. The molecule has 0 aliphatic carbocycles. The second-order valence-electron chi connectivity index (χ2n) is 5.08. The Labute approximate surface area is 142 Å². The molecule has 1 saturated heterocycles. The first kappa shape index (κ1) is 16.1. The van der Waals surface area contributed by atoms with Gasteiger partial charge in [0.2, 0.25) is 0 Å². The lowest BCUT2D eigenvalue weighted by Crippen LogP contribution is -2.47. The number of imide groups is 1. The highest BCUT2D eigenvalue weighted by molar-refractivity contribution is 8.16. The Balaban J connectivity index is 1.93. The molecule has 1 fully saturated rings. The van der Waals surface area contributed by atoms with Crippen LogP contribution < -0.4 is 14.9 Å². The van der Waals surface area contributed by atoms with Crippen LogP contribution in [-0.4, -0.2) is 29.0 Å². The van der Waals surface area contributed by atoms with Gasteiger partial charge in [-0.2, -0.15) is 0 Å². The van der Waals surface area contributed by atoms with Crippen molar-refractivity contribution >= 4 is 40.3 Å². The molecule has 1 aliphatic rings. The molecule has 24 heavy (non-hydrogen) atoms.